The average Bonchev–Trinajstić information content (AvgIpc) is 2.38. The number of carbonyl (C=O) groups excluding carboxylic acids is 1. The Kier molecular flexibility index (Phi) is 4.77. The molecular weight excluding hydrogens is 238 g/mol. The molecule has 4 heteroatoms. The number of aromatic nitrogens is 1. The first kappa shape index (κ1) is 13.8. The van der Waals surface area contributed by atoms with Gasteiger partial charge in [-0.05, 0) is 36.8 Å². The van der Waals surface area contributed by atoms with Crippen LogP contribution in [0.3, 0.4) is 0 Å². The number of nitrogen functional groups attached to an aromatic ring is 1. The molecule has 1 aromatic heterocycles. The van der Waals surface area contributed by atoms with Gasteiger partial charge in [0.15, 0.2) is 0 Å². The van der Waals surface area contributed by atoms with Gasteiger partial charge in [-0.2, -0.15) is 0 Å². The smallest absolute Gasteiger partial charge is 0.251 e. The number of hydrogen-bond donors (Lipinski definition) is 2. The van der Waals surface area contributed by atoms with E-state index >= 15 is 0 Å². The molecule has 2 atom stereocenters. The summed E-state index contributed by atoms with van der Waals surface area (Å²) in [7, 11) is 0. The number of amides is 1. The third-order valence-electron chi connectivity index (χ3n) is 3.93. The van der Waals surface area contributed by atoms with E-state index in [2.05, 4.69) is 17.2 Å². The first-order valence-electron chi connectivity index (χ1n) is 7.15. The van der Waals surface area contributed by atoms with Gasteiger partial charge in [0.2, 0.25) is 0 Å². The number of anilines is 1. The molecule has 1 saturated carbocycles. The van der Waals surface area contributed by atoms with Crippen LogP contribution in [0.25, 0.3) is 0 Å². The predicted molar refractivity (Wildman–Crippen MR) is 76.7 cm³/mol. The van der Waals surface area contributed by atoms with Crippen molar-refractivity contribution in [2.45, 2.75) is 39.0 Å². The fraction of sp³-hybridized carbons (Fsp3) is 0.600. The molecule has 3 N–H and O–H groups in total. The standard InChI is InChI=1S/C15H23N3O/c1-11-3-2-4-12(9-11)5-7-18-15(19)13-6-8-17-14(16)10-13/h6,8,10-12H,2-5,7,9H2,1H3,(H2,16,17)(H,18,19). The fourth-order valence-corrected chi connectivity index (χ4v) is 2.90. The molecule has 0 radical (unpaired) electrons. The summed E-state index contributed by atoms with van der Waals surface area (Å²) in [6.45, 7) is 3.07. The highest BCUT2D eigenvalue weighted by atomic mass is 16.1. The highest BCUT2D eigenvalue weighted by molar-refractivity contribution is 5.94. The molecule has 0 bridgehead atoms. The molecule has 1 heterocycles. The van der Waals surface area contributed by atoms with E-state index in [1.165, 1.54) is 25.7 Å². The van der Waals surface area contributed by atoms with Crippen LogP contribution < -0.4 is 11.1 Å². The lowest BCUT2D eigenvalue weighted by Crippen LogP contribution is -2.27. The number of nitrogens with one attached hydrogen (secondary N) is 1. The van der Waals surface area contributed by atoms with Gasteiger partial charge in [0.1, 0.15) is 5.82 Å². The number of nitrogens with two attached hydrogens (primary N) is 1. The molecule has 4 nitrogen and oxygen atoms in total. The largest absolute Gasteiger partial charge is 0.384 e. The third-order valence-corrected chi connectivity index (χ3v) is 3.93. The van der Waals surface area contributed by atoms with E-state index in [1.54, 1.807) is 18.3 Å². The Morgan fingerprint density at radius 2 is 2.37 bits per heavy atom. The lowest BCUT2D eigenvalue weighted by atomic mass is 9.81. The molecule has 2 unspecified atom stereocenters. The summed E-state index contributed by atoms with van der Waals surface area (Å²) in [6, 6.07) is 3.30. The van der Waals surface area contributed by atoms with Gasteiger partial charge in [0.25, 0.3) is 5.91 Å². The van der Waals surface area contributed by atoms with Crippen molar-refractivity contribution in [2.75, 3.05) is 12.3 Å². The van der Waals surface area contributed by atoms with Crippen LogP contribution in [0.15, 0.2) is 18.3 Å². The first-order valence-corrected chi connectivity index (χ1v) is 7.15. The average molecular weight is 261 g/mol. The summed E-state index contributed by atoms with van der Waals surface area (Å²) in [5.74, 6) is 1.94. The molecule has 0 spiro atoms. The fourth-order valence-electron chi connectivity index (χ4n) is 2.90. The van der Waals surface area contributed by atoms with Crippen molar-refractivity contribution in [3.63, 3.8) is 0 Å². The maximum absolute atomic E-state index is 11.9. The van der Waals surface area contributed by atoms with E-state index < -0.39 is 0 Å². The number of rotatable bonds is 4. The number of nitrogens with zero attached hydrogens (tertiary/aromatic N) is 1. The topological polar surface area (TPSA) is 68.0 Å². The van der Waals surface area contributed by atoms with Crippen molar-refractivity contribution >= 4 is 11.7 Å². The summed E-state index contributed by atoms with van der Waals surface area (Å²) in [5.41, 5.74) is 6.15. The van der Waals surface area contributed by atoms with Crippen LogP contribution in [0, 0.1) is 11.8 Å². The van der Waals surface area contributed by atoms with Crippen molar-refractivity contribution in [1.82, 2.24) is 10.3 Å². The number of hydrogen-bond acceptors (Lipinski definition) is 3. The van der Waals surface area contributed by atoms with Crippen LogP contribution in [-0.2, 0) is 0 Å². The van der Waals surface area contributed by atoms with Crippen LogP contribution >= 0.6 is 0 Å². The van der Waals surface area contributed by atoms with Crippen molar-refractivity contribution in [1.29, 1.82) is 0 Å². The zero-order valence-corrected chi connectivity index (χ0v) is 11.6. The Bertz CT molecular complexity index is 433. The van der Waals surface area contributed by atoms with E-state index in [1.807, 2.05) is 0 Å². The minimum absolute atomic E-state index is 0.0574. The third kappa shape index (κ3) is 4.23. The Balaban J connectivity index is 1.75. The Labute approximate surface area is 114 Å². The van der Waals surface area contributed by atoms with Gasteiger partial charge in [0.05, 0.1) is 0 Å². The quantitative estimate of drug-likeness (QED) is 0.875. The van der Waals surface area contributed by atoms with Gasteiger partial charge in [-0.1, -0.05) is 26.2 Å². The Morgan fingerprint density at radius 3 is 3.11 bits per heavy atom. The maximum atomic E-state index is 11.9. The van der Waals surface area contributed by atoms with E-state index in [4.69, 9.17) is 5.73 Å². The lowest BCUT2D eigenvalue weighted by Gasteiger charge is -2.26. The monoisotopic (exact) mass is 261 g/mol. The van der Waals surface area contributed by atoms with Gasteiger partial charge < -0.3 is 11.1 Å². The predicted octanol–water partition coefficient (Wildman–Crippen LogP) is 2.61. The summed E-state index contributed by atoms with van der Waals surface area (Å²) in [5, 5.41) is 2.97. The van der Waals surface area contributed by atoms with Crippen molar-refractivity contribution in [3.05, 3.63) is 23.9 Å². The molecular formula is C15H23N3O. The highest BCUT2D eigenvalue weighted by Gasteiger charge is 2.18. The van der Waals surface area contributed by atoms with E-state index in [9.17, 15) is 4.79 Å². The van der Waals surface area contributed by atoms with Crippen molar-refractivity contribution in [3.8, 4) is 0 Å². The molecule has 1 aliphatic carbocycles. The molecule has 0 aliphatic heterocycles. The molecule has 104 valence electrons. The zero-order valence-electron chi connectivity index (χ0n) is 11.6. The summed E-state index contributed by atoms with van der Waals surface area (Å²) >= 11 is 0. The minimum atomic E-state index is -0.0574. The van der Waals surface area contributed by atoms with Gasteiger partial charge >= 0.3 is 0 Å². The second kappa shape index (κ2) is 6.55. The molecule has 1 amide bonds. The summed E-state index contributed by atoms with van der Waals surface area (Å²) in [4.78, 5) is 15.8. The Morgan fingerprint density at radius 1 is 1.53 bits per heavy atom. The van der Waals surface area contributed by atoms with Crippen molar-refractivity contribution in [2.24, 2.45) is 11.8 Å². The molecule has 19 heavy (non-hydrogen) atoms. The Hall–Kier alpha value is -1.58. The van der Waals surface area contributed by atoms with Crippen LogP contribution in [0.2, 0.25) is 0 Å². The second-order valence-electron chi connectivity index (χ2n) is 5.65. The molecule has 1 fully saturated rings. The first-order chi connectivity index (χ1) is 9.15. The molecule has 2 rings (SSSR count). The number of pyridine rings is 1. The van der Waals surface area contributed by atoms with Crippen LogP contribution in [0.4, 0.5) is 5.82 Å². The second-order valence-corrected chi connectivity index (χ2v) is 5.65. The van der Waals surface area contributed by atoms with Gasteiger partial charge in [-0.15, -0.1) is 0 Å². The van der Waals surface area contributed by atoms with Crippen LogP contribution in [0.5, 0.6) is 0 Å². The van der Waals surface area contributed by atoms with Gasteiger partial charge in [-0.3, -0.25) is 4.79 Å². The highest BCUT2D eigenvalue weighted by Crippen LogP contribution is 2.30. The van der Waals surface area contributed by atoms with Gasteiger partial charge in [0, 0.05) is 18.3 Å². The molecule has 1 aliphatic rings. The van der Waals surface area contributed by atoms with Crippen molar-refractivity contribution < 1.29 is 4.79 Å². The van der Waals surface area contributed by atoms with Gasteiger partial charge in [-0.25, -0.2) is 4.98 Å². The maximum Gasteiger partial charge on any atom is 0.251 e. The van der Waals surface area contributed by atoms with E-state index in [-0.39, 0.29) is 5.91 Å². The molecule has 0 saturated heterocycles. The lowest BCUT2D eigenvalue weighted by molar-refractivity contribution is 0.0949. The van der Waals surface area contributed by atoms with Crippen LogP contribution in [0.1, 0.15) is 49.4 Å². The number of carbonyl (C=O) groups is 1. The molecule has 0 aromatic carbocycles. The normalized spacial score (nSPS) is 23.0. The van der Waals surface area contributed by atoms with Crippen LogP contribution in [-0.4, -0.2) is 17.4 Å². The SMILES string of the molecule is CC1CCCC(CCNC(=O)c2ccnc(N)c2)C1. The minimum Gasteiger partial charge on any atom is -0.384 e. The van der Waals surface area contributed by atoms with E-state index in [0.29, 0.717) is 11.4 Å². The zero-order chi connectivity index (χ0) is 13.7. The van der Waals surface area contributed by atoms with E-state index in [0.717, 1.165) is 24.8 Å². The summed E-state index contributed by atoms with van der Waals surface area (Å²) in [6.07, 6.45) is 7.95. The summed E-state index contributed by atoms with van der Waals surface area (Å²) < 4.78 is 0. The molecule has 1 aromatic rings.